The van der Waals surface area contributed by atoms with Crippen molar-refractivity contribution in [2.45, 2.75) is 52.1 Å². The lowest BCUT2D eigenvalue weighted by molar-refractivity contribution is -0.152. The third-order valence-electron chi connectivity index (χ3n) is 3.42. The van der Waals surface area contributed by atoms with Gasteiger partial charge in [0.25, 0.3) is 0 Å². The van der Waals surface area contributed by atoms with E-state index in [0.717, 1.165) is 19.4 Å². The van der Waals surface area contributed by atoms with Gasteiger partial charge in [-0.2, -0.15) is 0 Å². The van der Waals surface area contributed by atoms with E-state index in [9.17, 15) is 9.59 Å². The normalized spacial score (nSPS) is 21.0. The molecular formula is C14H26N2O3. The topological polar surface area (TPSA) is 58.6 Å². The molecule has 0 aromatic heterocycles. The molecule has 19 heavy (non-hydrogen) atoms. The zero-order valence-corrected chi connectivity index (χ0v) is 12.4. The minimum atomic E-state index is -0.439. The van der Waals surface area contributed by atoms with Crippen molar-refractivity contribution in [1.29, 1.82) is 0 Å². The first-order valence-corrected chi connectivity index (χ1v) is 7.12. The Morgan fingerprint density at radius 1 is 1.53 bits per heavy atom. The minimum absolute atomic E-state index is 0.0319. The van der Waals surface area contributed by atoms with Gasteiger partial charge < -0.3 is 15.0 Å². The highest BCUT2D eigenvalue weighted by Gasteiger charge is 2.39. The van der Waals surface area contributed by atoms with E-state index >= 15 is 0 Å². The van der Waals surface area contributed by atoms with Crippen LogP contribution < -0.4 is 5.32 Å². The number of rotatable bonds is 7. The molecule has 1 fully saturated rings. The molecule has 0 bridgehead atoms. The molecule has 110 valence electrons. The third kappa shape index (κ3) is 4.20. The van der Waals surface area contributed by atoms with Gasteiger partial charge in [-0.3, -0.25) is 4.79 Å². The molecule has 0 aromatic carbocycles. The van der Waals surface area contributed by atoms with Crippen LogP contribution in [0.1, 0.15) is 40.0 Å². The SMILES string of the molecule is CCCNC1CCN(C(CC(C)C)C(=O)OC)C1=O. The summed E-state index contributed by atoms with van der Waals surface area (Å²) in [6, 6.07) is -0.579. The monoisotopic (exact) mass is 270 g/mol. The summed E-state index contributed by atoms with van der Waals surface area (Å²) in [7, 11) is 1.38. The number of likely N-dealkylation sites (tertiary alicyclic amines) is 1. The molecule has 5 nitrogen and oxygen atoms in total. The molecule has 1 heterocycles. The van der Waals surface area contributed by atoms with E-state index in [1.807, 2.05) is 13.8 Å². The molecule has 1 saturated heterocycles. The molecule has 1 rings (SSSR count). The fourth-order valence-corrected chi connectivity index (χ4v) is 2.45. The Labute approximate surface area is 115 Å². The second-order valence-corrected chi connectivity index (χ2v) is 5.50. The summed E-state index contributed by atoms with van der Waals surface area (Å²) in [6.07, 6.45) is 2.42. The number of hydrogen-bond donors (Lipinski definition) is 1. The average Bonchev–Trinajstić information content (AvgIpc) is 2.73. The molecule has 0 spiro atoms. The maximum absolute atomic E-state index is 12.3. The van der Waals surface area contributed by atoms with Gasteiger partial charge in [0, 0.05) is 6.54 Å². The first-order chi connectivity index (χ1) is 9.01. The van der Waals surface area contributed by atoms with Crippen molar-refractivity contribution in [3.63, 3.8) is 0 Å². The molecular weight excluding hydrogens is 244 g/mol. The first kappa shape index (κ1) is 16.0. The summed E-state index contributed by atoms with van der Waals surface area (Å²) >= 11 is 0. The molecule has 5 heteroatoms. The number of nitrogens with zero attached hydrogens (tertiary/aromatic N) is 1. The van der Waals surface area contributed by atoms with Crippen LogP contribution >= 0.6 is 0 Å². The highest BCUT2D eigenvalue weighted by molar-refractivity contribution is 5.89. The zero-order valence-electron chi connectivity index (χ0n) is 12.4. The van der Waals surface area contributed by atoms with E-state index in [2.05, 4.69) is 12.2 Å². The summed E-state index contributed by atoms with van der Waals surface area (Å²) in [5.41, 5.74) is 0. The summed E-state index contributed by atoms with van der Waals surface area (Å²) in [5, 5.41) is 3.23. The van der Waals surface area contributed by atoms with Gasteiger partial charge in [-0.05, 0) is 31.7 Å². The van der Waals surface area contributed by atoms with E-state index < -0.39 is 6.04 Å². The largest absolute Gasteiger partial charge is 0.467 e. The van der Waals surface area contributed by atoms with Crippen LogP contribution in [0.15, 0.2) is 0 Å². The van der Waals surface area contributed by atoms with Crippen molar-refractivity contribution in [2.75, 3.05) is 20.2 Å². The Morgan fingerprint density at radius 3 is 2.74 bits per heavy atom. The molecule has 1 amide bonds. The van der Waals surface area contributed by atoms with E-state index in [4.69, 9.17) is 4.74 Å². The van der Waals surface area contributed by atoms with Gasteiger partial charge >= 0.3 is 5.97 Å². The van der Waals surface area contributed by atoms with Crippen molar-refractivity contribution in [2.24, 2.45) is 5.92 Å². The lowest BCUT2D eigenvalue weighted by Crippen LogP contribution is -2.47. The number of esters is 1. The molecule has 1 aliphatic rings. The predicted octanol–water partition coefficient (Wildman–Crippen LogP) is 1.17. The van der Waals surface area contributed by atoms with Gasteiger partial charge in [-0.15, -0.1) is 0 Å². The Morgan fingerprint density at radius 2 is 2.21 bits per heavy atom. The van der Waals surface area contributed by atoms with Gasteiger partial charge in [0.1, 0.15) is 6.04 Å². The molecule has 1 N–H and O–H groups in total. The highest BCUT2D eigenvalue weighted by atomic mass is 16.5. The summed E-state index contributed by atoms with van der Waals surface area (Å²) in [5.74, 6) is 0.0715. The number of carbonyl (C=O) groups excluding carboxylic acids is 2. The summed E-state index contributed by atoms with van der Waals surface area (Å²) in [4.78, 5) is 25.9. The molecule has 0 aromatic rings. The molecule has 0 radical (unpaired) electrons. The number of hydrogen-bond acceptors (Lipinski definition) is 4. The zero-order chi connectivity index (χ0) is 14.4. The number of nitrogens with one attached hydrogen (secondary N) is 1. The fraction of sp³-hybridized carbons (Fsp3) is 0.857. The second kappa shape index (κ2) is 7.48. The van der Waals surface area contributed by atoms with Crippen LogP contribution in [-0.4, -0.2) is 49.1 Å². The second-order valence-electron chi connectivity index (χ2n) is 5.50. The van der Waals surface area contributed by atoms with E-state index in [1.54, 1.807) is 4.90 Å². The van der Waals surface area contributed by atoms with Gasteiger partial charge in [0.2, 0.25) is 5.91 Å². The smallest absolute Gasteiger partial charge is 0.328 e. The van der Waals surface area contributed by atoms with Crippen LogP contribution in [0.2, 0.25) is 0 Å². The third-order valence-corrected chi connectivity index (χ3v) is 3.42. The standard InChI is InChI=1S/C14H26N2O3/c1-5-7-15-11-6-8-16(13(11)17)12(9-10(2)3)14(18)19-4/h10-12,15H,5-9H2,1-4H3. The van der Waals surface area contributed by atoms with Gasteiger partial charge in [0.15, 0.2) is 0 Å². The van der Waals surface area contributed by atoms with Crippen molar-refractivity contribution in [1.82, 2.24) is 10.2 Å². The molecule has 2 unspecified atom stereocenters. The number of amides is 1. The van der Waals surface area contributed by atoms with Crippen LogP contribution in [0.25, 0.3) is 0 Å². The van der Waals surface area contributed by atoms with Crippen LogP contribution in [0, 0.1) is 5.92 Å². The minimum Gasteiger partial charge on any atom is -0.467 e. The Hall–Kier alpha value is -1.10. The van der Waals surface area contributed by atoms with Crippen LogP contribution in [0.5, 0.6) is 0 Å². The van der Waals surface area contributed by atoms with Gasteiger partial charge in [-0.25, -0.2) is 4.79 Å². The van der Waals surface area contributed by atoms with Crippen LogP contribution in [-0.2, 0) is 14.3 Å². The Bertz CT molecular complexity index is 318. The fourth-order valence-electron chi connectivity index (χ4n) is 2.45. The molecule has 0 aliphatic carbocycles. The van der Waals surface area contributed by atoms with Crippen molar-refractivity contribution in [3.05, 3.63) is 0 Å². The maximum atomic E-state index is 12.3. The first-order valence-electron chi connectivity index (χ1n) is 7.12. The number of ether oxygens (including phenoxy) is 1. The van der Waals surface area contributed by atoms with Gasteiger partial charge in [0.05, 0.1) is 13.2 Å². The number of carbonyl (C=O) groups is 2. The lowest BCUT2D eigenvalue weighted by atomic mass is 10.0. The Kier molecular flexibility index (Phi) is 6.28. The highest BCUT2D eigenvalue weighted by Crippen LogP contribution is 2.20. The molecule has 2 atom stereocenters. The van der Waals surface area contributed by atoms with E-state index in [-0.39, 0.29) is 17.9 Å². The quantitative estimate of drug-likeness (QED) is 0.706. The van der Waals surface area contributed by atoms with Gasteiger partial charge in [-0.1, -0.05) is 20.8 Å². The van der Waals surface area contributed by atoms with Crippen LogP contribution in [0.4, 0.5) is 0 Å². The van der Waals surface area contributed by atoms with Crippen molar-refractivity contribution >= 4 is 11.9 Å². The summed E-state index contributed by atoms with van der Waals surface area (Å²) < 4.78 is 4.84. The lowest BCUT2D eigenvalue weighted by Gasteiger charge is -2.27. The number of methoxy groups -OCH3 is 1. The van der Waals surface area contributed by atoms with E-state index in [1.165, 1.54) is 7.11 Å². The Balaban J connectivity index is 2.70. The average molecular weight is 270 g/mol. The molecule has 1 aliphatic heterocycles. The predicted molar refractivity (Wildman–Crippen MR) is 73.7 cm³/mol. The van der Waals surface area contributed by atoms with Crippen molar-refractivity contribution in [3.8, 4) is 0 Å². The summed E-state index contributed by atoms with van der Waals surface area (Å²) in [6.45, 7) is 7.62. The maximum Gasteiger partial charge on any atom is 0.328 e. The van der Waals surface area contributed by atoms with Crippen LogP contribution in [0.3, 0.4) is 0 Å². The van der Waals surface area contributed by atoms with Crippen molar-refractivity contribution < 1.29 is 14.3 Å². The van der Waals surface area contributed by atoms with E-state index in [0.29, 0.717) is 18.9 Å². The molecule has 0 saturated carbocycles.